The lowest BCUT2D eigenvalue weighted by Crippen LogP contribution is -2.44. The van der Waals surface area contributed by atoms with E-state index in [1.165, 1.54) is 21.6 Å². The Balaban J connectivity index is 1.89. The molecule has 2 heterocycles. The largest absolute Gasteiger partial charge is 0.480 e. The molecule has 0 aliphatic carbocycles. The Labute approximate surface area is 122 Å². The third kappa shape index (κ3) is 2.49. The summed E-state index contributed by atoms with van der Waals surface area (Å²) in [6, 6.07) is 9.81. The second-order valence-corrected chi connectivity index (χ2v) is 6.26. The fraction of sp³-hybridized carbons (Fsp3) is 0.312. The Morgan fingerprint density at radius 2 is 2.10 bits per heavy atom. The van der Waals surface area contributed by atoms with Gasteiger partial charge in [0.15, 0.2) is 0 Å². The van der Waals surface area contributed by atoms with Crippen molar-refractivity contribution in [2.24, 2.45) is 0 Å². The number of benzene rings is 1. The summed E-state index contributed by atoms with van der Waals surface area (Å²) in [7, 11) is 0. The van der Waals surface area contributed by atoms with Gasteiger partial charge in [-0.25, -0.2) is 0 Å². The third-order valence-corrected chi connectivity index (χ3v) is 4.95. The SMILES string of the molecule is Cc1ccsc1CN1Cc2ccccc2CC1C(=O)O. The number of carbonyl (C=O) groups is 1. The minimum absolute atomic E-state index is 0.425. The average Bonchev–Trinajstić information content (AvgIpc) is 2.83. The van der Waals surface area contributed by atoms with Crippen molar-refractivity contribution in [3.63, 3.8) is 0 Å². The fourth-order valence-electron chi connectivity index (χ4n) is 2.74. The summed E-state index contributed by atoms with van der Waals surface area (Å²) >= 11 is 1.70. The molecule has 0 saturated carbocycles. The van der Waals surface area contributed by atoms with Gasteiger partial charge >= 0.3 is 5.97 Å². The Bertz CT molecular complexity index is 635. The van der Waals surface area contributed by atoms with Crippen molar-refractivity contribution in [2.75, 3.05) is 0 Å². The highest BCUT2D eigenvalue weighted by molar-refractivity contribution is 7.10. The van der Waals surface area contributed by atoms with E-state index >= 15 is 0 Å². The molecule has 1 atom stereocenters. The molecular formula is C16H17NO2S. The van der Waals surface area contributed by atoms with Crippen LogP contribution in [0.25, 0.3) is 0 Å². The van der Waals surface area contributed by atoms with Crippen molar-refractivity contribution >= 4 is 17.3 Å². The Morgan fingerprint density at radius 3 is 2.75 bits per heavy atom. The standard InChI is InChI=1S/C16H17NO2S/c1-11-6-7-20-15(11)10-17-9-13-5-3-2-4-12(13)8-14(17)16(18)19/h2-7,14H,8-10H2,1H3,(H,18,19). The number of aliphatic carboxylic acids is 1. The average molecular weight is 287 g/mol. The number of carboxylic acid groups (broad SMARTS) is 1. The number of fused-ring (bicyclic) bond motifs is 1. The fourth-order valence-corrected chi connectivity index (χ4v) is 3.67. The van der Waals surface area contributed by atoms with E-state index in [1.807, 2.05) is 18.2 Å². The molecule has 104 valence electrons. The maximum atomic E-state index is 11.5. The van der Waals surface area contributed by atoms with Gasteiger partial charge in [0.2, 0.25) is 0 Å². The van der Waals surface area contributed by atoms with Crippen molar-refractivity contribution in [3.05, 3.63) is 57.3 Å². The lowest BCUT2D eigenvalue weighted by atomic mass is 9.94. The Kier molecular flexibility index (Phi) is 3.59. The number of carboxylic acids is 1. The molecule has 0 bridgehead atoms. The van der Waals surface area contributed by atoms with Crippen LogP contribution >= 0.6 is 11.3 Å². The molecule has 3 rings (SSSR count). The van der Waals surface area contributed by atoms with Gasteiger partial charge in [0.05, 0.1) is 0 Å². The number of nitrogens with zero attached hydrogens (tertiary/aromatic N) is 1. The van der Waals surface area contributed by atoms with E-state index in [-0.39, 0.29) is 0 Å². The van der Waals surface area contributed by atoms with Crippen LogP contribution in [0.1, 0.15) is 21.6 Å². The zero-order valence-corrected chi connectivity index (χ0v) is 12.2. The topological polar surface area (TPSA) is 40.5 Å². The molecule has 0 fully saturated rings. The Hall–Kier alpha value is -1.65. The summed E-state index contributed by atoms with van der Waals surface area (Å²) in [5.74, 6) is -0.728. The molecule has 1 aliphatic rings. The van der Waals surface area contributed by atoms with Crippen LogP contribution in [0.5, 0.6) is 0 Å². The highest BCUT2D eigenvalue weighted by Crippen LogP contribution is 2.27. The van der Waals surface area contributed by atoms with Crippen LogP contribution in [-0.4, -0.2) is 22.0 Å². The van der Waals surface area contributed by atoms with E-state index in [9.17, 15) is 9.90 Å². The molecule has 0 amide bonds. The maximum Gasteiger partial charge on any atom is 0.321 e. The summed E-state index contributed by atoms with van der Waals surface area (Å²) in [4.78, 5) is 14.9. The van der Waals surface area contributed by atoms with E-state index in [0.29, 0.717) is 13.0 Å². The van der Waals surface area contributed by atoms with E-state index < -0.39 is 12.0 Å². The molecule has 1 aliphatic heterocycles. The minimum atomic E-state index is -0.728. The number of aryl methyl sites for hydroxylation is 1. The summed E-state index contributed by atoms with van der Waals surface area (Å²) in [6.45, 7) is 3.51. The van der Waals surface area contributed by atoms with Crippen LogP contribution in [0.3, 0.4) is 0 Å². The van der Waals surface area contributed by atoms with Crippen LogP contribution in [-0.2, 0) is 24.3 Å². The van der Waals surface area contributed by atoms with Gasteiger partial charge in [-0.2, -0.15) is 0 Å². The van der Waals surface area contributed by atoms with Gasteiger partial charge in [-0.05, 0) is 41.5 Å². The minimum Gasteiger partial charge on any atom is -0.480 e. The first-order valence-corrected chi connectivity index (χ1v) is 7.59. The van der Waals surface area contributed by atoms with Crippen LogP contribution in [0.15, 0.2) is 35.7 Å². The van der Waals surface area contributed by atoms with Crippen LogP contribution in [0.4, 0.5) is 0 Å². The van der Waals surface area contributed by atoms with Gasteiger partial charge in [0.1, 0.15) is 6.04 Å². The van der Waals surface area contributed by atoms with Crippen LogP contribution < -0.4 is 0 Å². The normalized spacial score (nSPS) is 18.8. The van der Waals surface area contributed by atoms with E-state index in [4.69, 9.17) is 0 Å². The molecule has 0 radical (unpaired) electrons. The quantitative estimate of drug-likeness (QED) is 0.943. The van der Waals surface area contributed by atoms with Crippen molar-refractivity contribution in [1.29, 1.82) is 0 Å². The molecule has 1 aromatic carbocycles. The highest BCUT2D eigenvalue weighted by atomic mass is 32.1. The van der Waals surface area contributed by atoms with Crippen LogP contribution in [0, 0.1) is 6.92 Å². The van der Waals surface area contributed by atoms with E-state index in [0.717, 1.165) is 6.54 Å². The Morgan fingerprint density at radius 1 is 1.35 bits per heavy atom. The lowest BCUT2D eigenvalue weighted by molar-refractivity contribution is -0.144. The maximum absolute atomic E-state index is 11.5. The molecule has 2 aromatic rings. The van der Waals surface area contributed by atoms with Crippen molar-refractivity contribution < 1.29 is 9.90 Å². The van der Waals surface area contributed by atoms with Crippen molar-refractivity contribution in [3.8, 4) is 0 Å². The predicted octanol–water partition coefficient (Wildman–Crippen LogP) is 3.07. The van der Waals surface area contributed by atoms with Crippen molar-refractivity contribution in [1.82, 2.24) is 4.90 Å². The molecule has 4 heteroatoms. The first-order chi connectivity index (χ1) is 9.65. The molecule has 1 unspecified atom stereocenters. The number of rotatable bonds is 3. The molecule has 20 heavy (non-hydrogen) atoms. The number of hydrogen-bond donors (Lipinski definition) is 1. The van der Waals surface area contributed by atoms with Gasteiger partial charge < -0.3 is 5.11 Å². The van der Waals surface area contributed by atoms with Gasteiger partial charge in [-0.3, -0.25) is 9.69 Å². The molecule has 3 nitrogen and oxygen atoms in total. The molecule has 0 spiro atoms. The zero-order valence-electron chi connectivity index (χ0n) is 11.4. The molecular weight excluding hydrogens is 270 g/mol. The first-order valence-electron chi connectivity index (χ1n) is 6.72. The number of hydrogen-bond acceptors (Lipinski definition) is 3. The predicted molar refractivity (Wildman–Crippen MR) is 79.9 cm³/mol. The van der Waals surface area contributed by atoms with Crippen molar-refractivity contribution in [2.45, 2.75) is 32.5 Å². The second-order valence-electron chi connectivity index (χ2n) is 5.26. The van der Waals surface area contributed by atoms with Gasteiger partial charge in [0.25, 0.3) is 0 Å². The lowest BCUT2D eigenvalue weighted by Gasteiger charge is -2.34. The molecule has 0 saturated heterocycles. The second kappa shape index (κ2) is 5.38. The van der Waals surface area contributed by atoms with E-state index in [1.54, 1.807) is 11.3 Å². The van der Waals surface area contributed by atoms with E-state index in [2.05, 4.69) is 29.3 Å². The third-order valence-electron chi connectivity index (χ3n) is 3.95. The first kappa shape index (κ1) is 13.3. The monoisotopic (exact) mass is 287 g/mol. The molecule has 1 aromatic heterocycles. The van der Waals surface area contributed by atoms with Gasteiger partial charge in [-0.15, -0.1) is 11.3 Å². The summed E-state index contributed by atoms with van der Waals surface area (Å²) in [5, 5.41) is 11.6. The summed E-state index contributed by atoms with van der Waals surface area (Å²) < 4.78 is 0. The summed E-state index contributed by atoms with van der Waals surface area (Å²) in [5.41, 5.74) is 3.66. The highest BCUT2D eigenvalue weighted by Gasteiger charge is 2.31. The van der Waals surface area contributed by atoms with Gasteiger partial charge in [-0.1, -0.05) is 24.3 Å². The smallest absolute Gasteiger partial charge is 0.321 e. The zero-order chi connectivity index (χ0) is 14.1. The molecule has 1 N–H and O–H groups in total. The summed E-state index contributed by atoms with van der Waals surface area (Å²) in [6.07, 6.45) is 0.593. The van der Waals surface area contributed by atoms with Gasteiger partial charge in [0, 0.05) is 18.0 Å². The van der Waals surface area contributed by atoms with Crippen LogP contribution in [0.2, 0.25) is 0 Å². The number of thiophene rings is 1.